The highest BCUT2D eigenvalue weighted by Gasteiger charge is 2.36. The number of carbonyl (C=O) groups is 2. The third-order valence-electron chi connectivity index (χ3n) is 5.10. The first-order valence-electron chi connectivity index (χ1n) is 10.2. The van der Waals surface area contributed by atoms with Gasteiger partial charge in [-0.1, -0.05) is 29.8 Å². The number of methoxy groups -OCH3 is 1. The lowest BCUT2D eigenvalue weighted by molar-refractivity contribution is -0.123. The van der Waals surface area contributed by atoms with E-state index in [1.807, 2.05) is 0 Å². The maximum Gasteiger partial charge on any atom is 0.293 e. The predicted octanol–water partition coefficient (Wildman–Crippen LogP) is 7.05. The van der Waals surface area contributed by atoms with Crippen LogP contribution in [-0.2, 0) is 17.9 Å². The number of thioether (sulfide) groups is 1. The van der Waals surface area contributed by atoms with Gasteiger partial charge in [-0.05, 0) is 88.0 Å². The normalized spacial score (nSPS) is 14.7. The number of hydrogen-bond acceptors (Lipinski definition) is 5. The van der Waals surface area contributed by atoms with E-state index in [1.165, 1.54) is 37.4 Å². The Balaban J connectivity index is 1.54. The van der Waals surface area contributed by atoms with Crippen LogP contribution in [-0.4, -0.2) is 23.2 Å². The van der Waals surface area contributed by atoms with Crippen LogP contribution in [0.4, 0.5) is 13.6 Å². The van der Waals surface area contributed by atoms with Gasteiger partial charge in [-0.2, -0.15) is 0 Å². The average molecular weight is 628 g/mol. The highest BCUT2D eigenvalue weighted by atomic mass is 127. The van der Waals surface area contributed by atoms with E-state index in [4.69, 9.17) is 21.1 Å². The number of ether oxygens (including phenoxy) is 2. The minimum Gasteiger partial charge on any atom is -0.493 e. The number of halogens is 4. The molecule has 5 nitrogen and oxygen atoms in total. The van der Waals surface area contributed by atoms with Crippen LogP contribution in [0.1, 0.15) is 16.7 Å². The average Bonchev–Trinajstić information content (AvgIpc) is 3.08. The number of amides is 2. The van der Waals surface area contributed by atoms with Crippen molar-refractivity contribution >= 4 is 63.2 Å². The van der Waals surface area contributed by atoms with E-state index in [0.717, 1.165) is 22.2 Å². The third kappa shape index (κ3) is 5.79. The fourth-order valence-corrected chi connectivity index (χ4v) is 5.17. The van der Waals surface area contributed by atoms with Gasteiger partial charge < -0.3 is 9.47 Å². The molecule has 0 unspecified atom stereocenters. The fourth-order valence-electron chi connectivity index (χ4n) is 3.33. The minimum absolute atomic E-state index is 0.0802. The zero-order valence-corrected chi connectivity index (χ0v) is 21.9. The van der Waals surface area contributed by atoms with Crippen molar-refractivity contribution in [2.75, 3.05) is 7.11 Å². The van der Waals surface area contributed by atoms with E-state index < -0.39 is 17.0 Å². The lowest BCUT2D eigenvalue weighted by atomic mass is 10.1. The van der Waals surface area contributed by atoms with Crippen LogP contribution in [0.5, 0.6) is 11.5 Å². The molecule has 0 N–H and O–H groups in total. The standard InChI is InChI=1S/C25H17ClF2INO4S/c1-33-21-10-15(9-20(29)23(21)34-13-14-5-7-16(27)8-6-14)11-22-24(31)30(25(32)35-22)12-17-18(26)3-2-4-19(17)28/h2-11H,12-13H2,1H3/b22-11-. The van der Waals surface area contributed by atoms with Crippen LogP contribution >= 0.6 is 46.0 Å². The van der Waals surface area contributed by atoms with Crippen LogP contribution in [0.2, 0.25) is 5.02 Å². The largest absolute Gasteiger partial charge is 0.493 e. The Labute approximate surface area is 223 Å². The van der Waals surface area contributed by atoms with Gasteiger partial charge in [0.25, 0.3) is 11.1 Å². The molecule has 180 valence electrons. The summed E-state index contributed by atoms with van der Waals surface area (Å²) in [5.41, 5.74) is 1.49. The van der Waals surface area contributed by atoms with Gasteiger partial charge in [0, 0.05) is 10.6 Å². The molecule has 0 aliphatic carbocycles. The molecule has 0 atom stereocenters. The Morgan fingerprint density at radius 3 is 2.54 bits per heavy atom. The fraction of sp³-hybridized carbons (Fsp3) is 0.120. The molecule has 10 heteroatoms. The Bertz CT molecular complexity index is 1310. The Morgan fingerprint density at radius 2 is 1.86 bits per heavy atom. The summed E-state index contributed by atoms with van der Waals surface area (Å²) in [6, 6.07) is 13.6. The van der Waals surface area contributed by atoms with Crippen LogP contribution < -0.4 is 9.47 Å². The zero-order chi connectivity index (χ0) is 25.1. The first-order valence-corrected chi connectivity index (χ1v) is 12.5. The highest BCUT2D eigenvalue weighted by molar-refractivity contribution is 14.1. The van der Waals surface area contributed by atoms with Gasteiger partial charge >= 0.3 is 0 Å². The molecule has 0 bridgehead atoms. The Kier molecular flexibility index (Phi) is 7.98. The minimum atomic E-state index is -0.587. The van der Waals surface area contributed by atoms with Crippen molar-refractivity contribution in [2.24, 2.45) is 0 Å². The number of nitrogens with zero attached hydrogens (tertiary/aromatic N) is 1. The SMILES string of the molecule is COc1cc(/C=C2\SC(=O)N(Cc3c(F)cccc3Cl)C2=O)cc(I)c1OCc1ccc(F)cc1. The topological polar surface area (TPSA) is 55.8 Å². The molecule has 1 saturated heterocycles. The smallest absolute Gasteiger partial charge is 0.293 e. The second-order valence-corrected chi connectivity index (χ2v) is 9.98. The monoisotopic (exact) mass is 627 g/mol. The Morgan fingerprint density at radius 1 is 1.11 bits per heavy atom. The molecule has 3 aromatic carbocycles. The van der Waals surface area contributed by atoms with Crippen molar-refractivity contribution in [1.29, 1.82) is 0 Å². The van der Waals surface area contributed by atoms with Crippen LogP contribution in [0.3, 0.4) is 0 Å². The van der Waals surface area contributed by atoms with E-state index in [9.17, 15) is 18.4 Å². The number of rotatable bonds is 7. The molecule has 4 rings (SSSR count). The van der Waals surface area contributed by atoms with Gasteiger partial charge in [-0.25, -0.2) is 8.78 Å². The zero-order valence-electron chi connectivity index (χ0n) is 18.2. The molecule has 1 heterocycles. The van der Waals surface area contributed by atoms with Gasteiger partial charge in [-0.3, -0.25) is 14.5 Å². The van der Waals surface area contributed by atoms with Crippen molar-refractivity contribution in [2.45, 2.75) is 13.2 Å². The Hall–Kier alpha value is -2.63. The molecule has 0 radical (unpaired) electrons. The van der Waals surface area contributed by atoms with Gasteiger partial charge in [0.1, 0.15) is 18.2 Å². The first kappa shape index (κ1) is 25.5. The predicted molar refractivity (Wildman–Crippen MR) is 139 cm³/mol. The van der Waals surface area contributed by atoms with E-state index >= 15 is 0 Å². The summed E-state index contributed by atoms with van der Waals surface area (Å²) >= 11 is 8.91. The maximum atomic E-state index is 14.2. The van der Waals surface area contributed by atoms with Gasteiger partial charge in [0.15, 0.2) is 11.5 Å². The van der Waals surface area contributed by atoms with E-state index in [1.54, 1.807) is 30.3 Å². The van der Waals surface area contributed by atoms with Crippen molar-refractivity contribution < 1.29 is 27.8 Å². The highest BCUT2D eigenvalue weighted by Crippen LogP contribution is 2.38. The van der Waals surface area contributed by atoms with Crippen molar-refractivity contribution in [1.82, 2.24) is 4.90 Å². The summed E-state index contributed by atoms with van der Waals surface area (Å²) in [4.78, 5) is 26.5. The van der Waals surface area contributed by atoms with Crippen LogP contribution in [0.15, 0.2) is 59.5 Å². The lowest BCUT2D eigenvalue weighted by Crippen LogP contribution is -2.28. The molecule has 1 aliphatic heterocycles. The van der Waals surface area contributed by atoms with Gasteiger partial charge in [0.2, 0.25) is 0 Å². The van der Waals surface area contributed by atoms with Crippen molar-refractivity contribution in [3.8, 4) is 11.5 Å². The number of imide groups is 1. The first-order chi connectivity index (χ1) is 16.8. The van der Waals surface area contributed by atoms with Gasteiger partial charge in [0.05, 0.1) is 22.1 Å². The van der Waals surface area contributed by atoms with E-state index in [2.05, 4.69) is 22.6 Å². The molecular weight excluding hydrogens is 611 g/mol. The van der Waals surface area contributed by atoms with Crippen LogP contribution in [0.25, 0.3) is 6.08 Å². The van der Waals surface area contributed by atoms with E-state index in [-0.39, 0.29) is 34.5 Å². The summed E-state index contributed by atoms with van der Waals surface area (Å²) in [6.45, 7) is -0.0476. The molecule has 0 saturated carbocycles. The van der Waals surface area contributed by atoms with E-state index in [0.29, 0.717) is 20.6 Å². The molecule has 1 fully saturated rings. The summed E-state index contributed by atoms with van der Waals surface area (Å²) in [6.07, 6.45) is 1.57. The van der Waals surface area contributed by atoms with Crippen molar-refractivity contribution in [3.05, 3.63) is 96.4 Å². The number of hydrogen-bond donors (Lipinski definition) is 0. The summed E-state index contributed by atoms with van der Waals surface area (Å²) < 4.78 is 39.4. The molecular formula is C25H17ClF2INO4S. The molecule has 1 aliphatic rings. The van der Waals surface area contributed by atoms with Crippen molar-refractivity contribution in [3.63, 3.8) is 0 Å². The maximum absolute atomic E-state index is 14.2. The van der Waals surface area contributed by atoms with Gasteiger partial charge in [-0.15, -0.1) is 0 Å². The van der Waals surface area contributed by atoms with Crippen LogP contribution in [0, 0.1) is 15.2 Å². The third-order valence-corrected chi connectivity index (χ3v) is 7.16. The summed E-state index contributed by atoms with van der Waals surface area (Å²) in [5, 5.41) is -0.370. The second kappa shape index (κ2) is 11.0. The molecule has 0 spiro atoms. The second-order valence-electron chi connectivity index (χ2n) is 7.42. The molecule has 3 aromatic rings. The number of carbonyl (C=O) groups excluding carboxylic acids is 2. The molecule has 35 heavy (non-hydrogen) atoms. The molecule has 2 amide bonds. The summed E-state index contributed by atoms with van der Waals surface area (Å²) in [5.74, 6) is -0.521. The quantitative estimate of drug-likeness (QED) is 0.208. The number of benzene rings is 3. The molecule has 0 aromatic heterocycles. The summed E-state index contributed by atoms with van der Waals surface area (Å²) in [7, 11) is 1.49. The lowest BCUT2D eigenvalue weighted by Gasteiger charge is -2.14.